The highest BCUT2D eigenvalue weighted by Gasteiger charge is 2.18. The summed E-state index contributed by atoms with van der Waals surface area (Å²) in [6.07, 6.45) is 0.434. The maximum absolute atomic E-state index is 10.6. The van der Waals surface area contributed by atoms with E-state index in [1.165, 1.54) is 10.8 Å². The van der Waals surface area contributed by atoms with Gasteiger partial charge in [0.25, 0.3) is 0 Å². The van der Waals surface area contributed by atoms with E-state index in [1.807, 2.05) is 18.2 Å². The van der Waals surface area contributed by atoms with Gasteiger partial charge in [-0.1, -0.05) is 43.3 Å². The summed E-state index contributed by atoms with van der Waals surface area (Å²) in [7, 11) is 4.12. The minimum Gasteiger partial charge on any atom is -0.387 e. The molecule has 0 radical (unpaired) electrons. The van der Waals surface area contributed by atoms with Crippen LogP contribution in [-0.2, 0) is 0 Å². The van der Waals surface area contributed by atoms with Crippen molar-refractivity contribution in [1.29, 1.82) is 0 Å². The Morgan fingerprint density at radius 1 is 1.10 bits per heavy atom. The molecule has 0 fully saturated rings. The van der Waals surface area contributed by atoms with Gasteiger partial charge in [0.05, 0.1) is 6.10 Å². The summed E-state index contributed by atoms with van der Waals surface area (Å²) >= 11 is 0. The van der Waals surface area contributed by atoms with Crippen molar-refractivity contribution in [3.63, 3.8) is 0 Å². The van der Waals surface area contributed by atoms with Crippen LogP contribution in [0, 0.1) is 0 Å². The van der Waals surface area contributed by atoms with Gasteiger partial charge in [-0.05, 0) is 42.9 Å². The van der Waals surface area contributed by atoms with Gasteiger partial charge >= 0.3 is 0 Å². The van der Waals surface area contributed by atoms with Crippen LogP contribution in [0.15, 0.2) is 42.5 Å². The van der Waals surface area contributed by atoms with Crippen LogP contribution in [0.5, 0.6) is 0 Å². The molecule has 0 aliphatic carbocycles. The number of aliphatic hydroxyl groups is 1. The molecule has 2 rings (SSSR count). The Labute approximate surface area is 127 Å². The van der Waals surface area contributed by atoms with Crippen LogP contribution < -0.4 is 5.32 Å². The van der Waals surface area contributed by atoms with E-state index < -0.39 is 6.10 Å². The lowest BCUT2D eigenvalue weighted by Gasteiger charge is -2.24. The van der Waals surface area contributed by atoms with Gasteiger partial charge in [0.15, 0.2) is 0 Å². The number of benzene rings is 2. The molecule has 0 aliphatic rings. The van der Waals surface area contributed by atoms with Crippen molar-refractivity contribution in [2.24, 2.45) is 0 Å². The number of rotatable bonds is 7. The van der Waals surface area contributed by atoms with Gasteiger partial charge in [-0.3, -0.25) is 0 Å². The molecule has 0 bridgehead atoms. The van der Waals surface area contributed by atoms with Gasteiger partial charge in [0.2, 0.25) is 0 Å². The maximum Gasteiger partial charge on any atom is 0.0943 e. The first-order valence-corrected chi connectivity index (χ1v) is 7.66. The molecule has 0 amide bonds. The van der Waals surface area contributed by atoms with Crippen LogP contribution in [0.25, 0.3) is 10.8 Å². The molecule has 2 aromatic rings. The quantitative estimate of drug-likeness (QED) is 0.821. The molecular weight excluding hydrogens is 260 g/mol. The highest BCUT2D eigenvalue weighted by molar-refractivity contribution is 5.83. The Balaban J connectivity index is 2.09. The number of nitrogens with zero attached hydrogens (tertiary/aromatic N) is 1. The van der Waals surface area contributed by atoms with Gasteiger partial charge < -0.3 is 15.3 Å². The number of hydrogen-bond donors (Lipinski definition) is 2. The van der Waals surface area contributed by atoms with Gasteiger partial charge in [0, 0.05) is 19.1 Å². The van der Waals surface area contributed by atoms with Crippen molar-refractivity contribution >= 4 is 10.8 Å². The van der Waals surface area contributed by atoms with E-state index in [2.05, 4.69) is 55.5 Å². The van der Waals surface area contributed by atoms with Crippen molar-refractivity contribution in [3.8, 4) is 0 Å². The van der Waals surface area contributed by atoms with Crippen LogP contribution >= 0.6 is 0 Å². The monoisotopic (exact) mass is 286 g/mol. The van der Waals surface area contributed by atoms with Crippen molar-refractivity contribution in [2.75, 3.05) is 27.2 Å². The third-order valence-corrected chi connectivity index (χ3v) is 3.90. The van der Waals surface area contributed by atoms with Crippen molar-refractivity contribution in [3.05, 3.63) is 48.0 Å². The third-order valence-electron chi connectivity index (χ3n) is 3.90. The molecule has 2 atom stereocenters. The summed E-state index contributed by atoms with van der Waals surface area (Å²) in [5, 5.41) is 16.5. The lowest BCUT2D eigenvalue weighted by Crippen LogP contribution is -2.38. The summed E-state index contributed by atoms with van der Waals surface area (Å²) in [4.78, 5) is 2.14. The first-order valence-electron chi connectivity index (χ1n) is 7.66. The van der Waals surface area contributed by atoms with E-state index in [0.29, 0.717) is 0 Å². The standard InChI is InChI=1S/C18H26N2O/c1-4-17(19-11-12-20(2)3)18(21)16-10-9-14-7-5-6-8-15(14)13-16/h5-10,13,17-19,21H,4,11-12H2,1-3H3. The molecule has 2 aromatic carbocycles. The van der Waals surface area contributed by atoms with Crippen molar-refractivity contribution < 1.29 is 5.11 Å². The largest absolute Gasteiger partial charge is 0.387 e. The number of likely N-dealkylation sites (N-methyl/N-ethyl adjacent to an activating group) is 1. The lowest BCUT2D eigenvalue weighted by molar-refractivity contribution is 0.125. The highest BCUT2D eigenvalue weighted by atomic mass is 16.3. The molecule has 21 heavy (non-hydrogen) atoms. The molecular formula is C18H26N2O. The fraction of sp³-hybridized carbons (Fsp3) is 0.444. The Morgan fingerprint density at radius 3 is 2.48 bits per heavy atom. The molecule has 0 spiro atoms. The molecule has 114 valence electrons. The summed E-state index contributed by atoms with van der Waals surface area (Å²) in [6, 6.07) is 14.6. The number of nitrogens with one attached hydrogen (secondary N) is 1. The topological polar surface area (TPSA) is 35.5 Å². The Kier molecular flexibility index (Phi) is 5.74. The number of hydrogen-bond acceptors (Lipinski definition) is 3. The zero-order valence-corrected chi connectivity index (χ0v) is 13.2. The fourth-order valence-corrected chi connectivity index (χ4v) is 2.58. The van der Waals surface area contributed by atoms with Crippen LogP contribution in [-0.4, -0.2) is 43.2 Å². The molecule has 0 saturated carbocycles. The molecule has 2 N–H and O–H groups in total. The second-order valence-corrected chi connectivity index (χ2v) is 5.82. The Morgan fingerprint density at radius 2 is 1.81 bits per heavy atom. The van der Waals surface area contributed by atoms with Crippen LogP contribution in [0.4, 0.5) is 0 Å². The molecule has 2 unspecified atom stereocenters. The van der Waals surface area contributed by atoms with Crippen molar-refractivity contribution in [1.82, 2.24) is 10.2 Å². The van der Waals surface area contributed by atoms with Crippen molar-refractivity contribution in [2.45, 2.75) is 25.5 Å². The van der Waals surface area contributed by atoms with Gasteiger partial charge in [-0.25, -0.2) is 0 Å². The number of fused-ring (bicyclic) bond motifs is 1. The van der Waals surface area contributed by atoms with E-state index in [-0.39, 0.29) is 6.04 Å². The van der Waals surface area contributed by atoms with E-state index in [9.17, 15) is 5.11 Å². The van der Waals surface area contributed by atoms with E-state index in [1.54, 1.807) is 0 Å². The van der Waals surface area contributed by atoms with Gasteiger partial charge in [0.1, 0.15) is 0 Å². The minimum atomic E-state index is -0.471. The SMILES string of the molecule is CCC(NCCN(C)C)C(O)c1ccc2ccccc2c1. The summed E-state index contributed by atoms with van der Waals surface area (Å²) in [6.45, 7) is 3.97. The molecule has 0 aliphatic heterocycles. The molecule has 3 heteroatoms. The van der Waals surface area contributed by atoms with Crippen LogP contribution in [0.1, 0.15) is 25.0 Å². The predicted molar refractivity (Wildman–Crippen MR) is 89.5 cm³/mol. The molecule has 0 aromatic heterocycles. The Bertz CT molecular complexity index is 568. The van der Waals surface area contributed by atoms with Crippen LogP contribution in [0.3, 0.4) is 0 Å². The maximum atomic E-state index is 10.6. The second kappa shape index (κ2) is 7.55. The summed E-state index contributed by atoms with van der Waals surface area (Å²) < 4.78 is 0. The Hall–Kier alpha value is -1.42. The zero-order valence-electron chi connectivity index (χ0n) is 13.2. The van der Waals surface area contributed by atoms with Gasteiger partial charge in [-0.2, -0.15) is 0 Å². The zero-order chi connectivity index (χ0) is 15.2. The van der Waals surface area contributed by atoms with E-state index >= 15 is 0 Å². The van der Waals surface area contributed by atoms with E-state index in [0.717, 1.165) is 25.1 Å². The normalized spacial score (nSPS) is 14.5. The smallest absolute Gasteiger partial charge is 0.0943 e. The number of aliphatic hydroxyl groups excluding tert-OH is 1. The summed E-state index contributed by atoms with van der Waals surface area (Å²) in [5.74, 6) is 0. The lowest BCUT2D eigenvalue weighted by atomic mass is 9.97. The molecule has 0 heterocycles. The van der Waals surface area contributed by atoms with Crippen LogP contribution in [0.2, 0.25) is 0 Å². The minimum absolute atomic E-state index is 0.0890. The third kappa shape index (κ3) is 4.27. The highest BCUT2D eigenvalue weighted by Crippen LogP contribution is 2.23. The first kappa shape index (κ1) is 16.0. The second-order valence-electron chi connectivity index (χ2n) is 5.82. The molecule has 0 saturated heterocycles. The molecule has 3 nitrogen and oxygen atoms in total. The predicted octanol–water partition coefficient (Wildman–Crippen LogP) is 2.80. The van der Waals surface area contributed by atoms with E-state index in [4.69, 9.17) is 0 Å². The average Bonchev–Trinajstić information content (AvgIpc) is 2.50. The fourth-order valence-electron chi connectivity index (χ4n) is 2.58. The van der Waals surface area contributed by atoms with Gasteiger partial charge in [-0.15, -0.1) is 0 Å². The first-order chi connectivity index (χ1) is 10.1. The summed E-state index contributed by atoms with van der Waals surface area (Å²) in [5.41, 5.74) is 0.984. The average molecular weight is 286 g/mol.